The zero-order chi connectivity index (χ0) is 10.6. The van der Waals surface area contributed by atoms with E-state index in [1.807, 2.05) is 0 Å². The average molecular weight is 200 g/mol. The van der Waals surface area contributed by atoms with Crippen LogP contribution in [0.4, 0.5) is 0 Å². The molecule has 3 heteroatoms. The third kappa shape index (κ3) is 2.94. The van der Waals surface area contributed by atoms with Gasteiger partial charge in [-0.15, -0.1) is 0 Å². The lowest BCUT2D eigenvalue weighted by atomic mass is 10.0. The second-order valence-electron chi connectivity index (χ2n) is 4.48. The predicted octanol–water partition coefficient (Wildman–Crippen LogP) is 1.08. The Balaban J connectivity index is 2.38. The lowest BCUT2D eigenvalue weighted by molar-refractivity contribution is 0.0647. The summed E-state index contributed by atoms with van der Waals surface area (Å²) in [5.74, 6) is 0.698. The van der Waals surface area contributed by atoms with E-state index < -0.39 is 0 Å². The van der Waals surface area contributed by atoms with Crippen molar-refractivity contribution < 1.29 is 4.74 Å². The predicted molar refractivity (Wildman–Crippen MR) is 59.3 cm³/mol. The summed E-state index contributed by atoms with van der Waals surface area (Å²) in [6, 6.07) is 0.678. The van der Waals surface area contributed by atoms with Crippen molar-refractivity contribution >= 4 is 0 Å². The first-order valence-electron chi connectivity index (χ1n) is 5.62. The lowest BCUT2D eigenvalue weighted by Gasteiger charge is -2.30. The molecule has 0 aromatic heterocycles. The summed E-state index contributed by atoms with van der Waals surface area (Å²) in [4.78, 5) is 2.42. The van der Waals surface area contributed by atoms with Gasteiger partial charge in [0.15, 0.2) is 0 Å². The first-order valence-corrected chi connectivity index (χ1v) is 5.62. The number of likely N-dealkylation sites (N-methyl/N-ethyl adjacent to an activating group) is 1. The van der Waals surface area contributed by atoms with E-state index in [1.54, 1.807) is 7.11 Å². The van der Waals surface area contributed by atoms with Crippen molar-refractivity contribution in [1.29, 1.82) is 0 Å². The molecule has 1 aliphatic rings. The molecule has 1 rings (SSSR count). The Morgan fingerprint density at radius 3 is 2.79 bits per heavy atom. The minimum Gasteiger partial charge on any atom is -0.380 e. The summed E-state index contributed by atoms with van der Waals surface area (Å²) in [7, 11) is 3.96. The molecule has 1 saturated carbocycles. The van der Waals surface area contributed by atoms with Gasteiger partial charge in [-0.3, -0.25) is 0 Å². The van der Waals surface area contributed by atoms with Gasteiger partial charge in [0.25, 0.3) is 0 Å². The summed E-state index contributed by atoms with van der Waals surface area (Å²) in [5, 5.41) is 0. The highest BCUT2D eigenvalue weighted by atomic mass is 16.5. The van der Waals surface area contributed by atoms with Crippen molar-refractivity contribution in [3.05, 3.63) is 0 Å². The van der Waals surface area contributed by atoms with E-state index in [-0.39, 0.29) is 0 Å². The van der Waals surface area contributed by atoms with Gasteiger partial charge in [-0.2, -0.15) is 0 Å². The molecule has 3 atom stereocenters. The maximum atomic E-state index is 5.77. The quantitative estimate of drug-likeness (QED) is 0.722. The number of hydrogen-bond donors (Lipinski definition) is 1. The molecule has 0 spiro atoms. The summed E-state index contributed by atoms with van der Waals surface area (Å²) >= 11 is 0. The van der Waals surface area contributed by atoms with Gasteiger partial charge in [-0.25, -0.2) is 0 Å². The topological polar surface area (TPSA) is 38.5 Å². The highest BCUT2D eigenvalue weighted by molar-refractivity contribution is 4.85. The van der Waals surface area contributed by atoms with Crippen molar-refractivity contribution in [3.8, 4) is 0 Å². The zero-order valence-electron chi connectivity index (χ0n) is 9.70. The molecule has 3 nitrogen and oxygen atoms in total. The lowest BCUT2D eigenvalue weighted by Crippen LogP contribution is -2.41. The Morgan fingerprint density at radius 1 is 1.50 bits per heavy atom. The van der Waals surface area contributed by atoms with E-state index in [1.165, 1.54) is 19.3 Å². The van der Waals surface area contributed by atoms with E-state index in [2.05, 4.69) is 18.9 Å². The number of methoxy groups -OCH3 is 1. The fourth-order valence-corrected chi connectivity index (χ4v) is 2.49. The molecule has 2 N–H and O–H groups in total. The third-order valence-electron chi connectivity index (χ3n) is 3.44. The van der Waals surface area contributed by atoms with E-state index >= 15 is 0 Å². The van der Waals surface area contributed by atoms with Crippen molar-refractivity contribution in [2.75, 3.05) is 27.2 Å². The maximum absolute atomic E-state index is 5.77. The Morgan fingerprint density at radius 2 is 2.21 bits per heavy atom. The molecule has 0 saturated heterocycles. The van der Waals surface area contributed by atoms with E-state index in [0.29, 0.717) is 18.1 Å². The molecule has 3 unspecified atom stereocenters. The van der Waals surface area contributed by atoms with Crippen LogP contribution in [-0.2, 0) is 4.74 Å². The fourth-order valence-electron chi connectivity index (χ4n) is 2.49. The van der Waals surface area contributed by atoms with Crippen LogP contribution in [0.5, 0.6) is 0 Å². The van der Waals surface area contributed by atoms with Crippen LogP contribution in [0.1, 0.15) is 26.2 Å². The van der Waals surface area contributed by atoms with Crippen molar-refractivity contribution in [3.63, 3.8) is 0 Å². The molecule has 1 aliphatic carbocycles. The van der Waals surface area contributed by atoms with Crippen LogP contribution < -0.4 is 5.73 Å². The minimum atomic E-state index is 0.319. The van der Waals surface area contributed by atoms with Gasteiger partial charge in [-0.1, -0.05) is 6.42 Å². The number of nitrogens with two attached hydrogens (primary N) is 1. The molecule has 0 bridgehead atoms. The van der Waals surface area contributed by atoms with E-state index in [9.17, 15) is 0 Å². The van der Waals surface area contributed by atoms with Gasteiger partial charge in [0, 0.05) is 19.7 Å². The first kappa shape index (κ1) is 12.0. The minimum absolute atomic E-state index is 0.319. The van der Waals surface area contributed by atoms with Gasteiger partial charge in [0.2, 0.25) is 0 Å². The Labute approximate surface area is 87.6 Å². The molecule has 14 heavy (non-hydrogen) atoms. The van der Waals surface area contributed by atoms with Crippen LogP contribution in [-0.4, -0.2) is 44.3 Å². The van der Waals surface area contributed by atoms with Crippen molar-refractivity contribution in [2.45, 2.75) is 38.3 Å². The van der Waals surface area contributed by atoms with Gasteiger partial charge in [-0.05, 0) is 39.3 Å². The standard InChI is InChI=1S/C11H24N2O/c1-9(14-3)8-13(2)11-6-4-5-10(11)7-12/h9-11H,4-8,12H2,1-3H3. The molecule has 0 aromatic carbocycles. The zero-order valence-corrected chi connectivity index (χ0v) is 9.70. The molecule has 0 radical (unpaired) electrons. The smallest absolute Gasteiger partial charge is 0.0670 e. The monoisotopic (exact) mass is 200 g/mol. The number of nitrogens with zero attached hydrogens (tertiary/aromatic N) is 1. The summed E-state index contributed by atoms with van der Waals surface area (Å²) in [5.41, 5.74) is 5.77. The Kier molecular flexibility index (Phi) is 4.85. The largest absolute Gasteiger partial charge is 0.380 e. The Bertz CT molecular complexity index is 163. The molecule has 1 fully saturated rings. The number of rotatable bonds is 5. The van der Waals surface area contributed by atoms with E-state index in [4.69, 9.17) is 10.5 Å². The second-order valence-corrected chi connectivity index (χ2v) is 4.48. The van der Waals surface area contributed by atoms with Gasteiger partial charge in [0.1, 0.15) is 0 Å². The van der Waals surface area contributed by atoms with Gasteiger partial charge < -0.3 is 15.4 Å². The molecular formula is C11H24N2O. The van der Waals surface area contributed by atoms with Crippen LogP contribution in [0.15, 0.2) is 0 Å². The highest BCUT2D eigenvalue weighted by Crippen LogP contribution is 2.28. The molecule has 0 aromatic rings. The number of hydrogen-bond acceptors (Lipinski definition) is 3. The van der Waals surface area contributed by atoms with Crippen LogP contribution in [0.25, 0.3) is 0 Å². The van der Waals surface area contributed by atoms with E-state index in [0.717, 1.165) is 13.1 Å². The molecule has 0 heterocycles. The summed E-state index contributed by atoms with van der Waals surface area (Å²) in [6.07, 6.45) is 4.25. The molecular weight excluding hydrogens is 176 g/mol. The van der Waals surface area contributed by atoms with Crippen LogP contribution in [0.2, 0.25) is 0 Å². The average Bonchev–Trinajstić information content (AvgIpc) is 2.65. The maximum Gasteiger partial charge on any atom is 0.0670 e. The first-order chi connectivity index (χ1) is 6.69. The third-order valence-corrected chi connectivity index (χ3v) is 3.44. The molecule has 0 aliphatic heterocycles. The van der Waals surface area contributed by atoms with Gasteiger partial charge >= 0.3 is 0 Å². The Hall–Kier alpha value is -0.120. The van der Waals surface area contributed by atoms with Crippen molar-refractivity contribution in [1.82, 2.24) is 4.90 Å². The molecule has 0 amide bonds. The SMILES string of the molecule is COC(C)CN(C)C1CCCC1CN. The second kappa shape index (κ2) is 5.69. The van der Waals surface area contributed by atoms with Gasteiger partial charge in [0.05, 0.1) is 6.10 Å². The van der Waals surface area contributed by atoms with Crippen LogP contribution >= 0.6 is 0 Å². The van der Waals surface area contributed by atoms with Crippen molar-refractivity contribution in [2.24, 2.45) is 11.7 Å². The fraction of sp³-hybridized carbons (Fsp3) is 1.00. The molecule has 84 valence electrons. The highest BCUT2D eigenvalue weighted by Gasteiger charge is 2.29. The number of ether oxygens (including phenoxy) is 1. The summed E-state index contributed by atoms with van der Waals surface area (Å²) in [6.45, 7) is 3.96. The van der Waals surface area contributed by atoms with Crippen LogP contribution in [0.3, 0.4) is 0 Å². The van der Waals surface area contributed by atoms with Crippen LogP contribution in [0, 0.1) is 5.92 Å². The normalized spacial score (nSPS) is 29.8. The summed E-state index contributed by atoms with van der Waals surface area (Å²) < 4.78 is 5.28.